The van der Waals surface area contributed by atoms with E-state index < -0.39 is 13.0 Å². The van der Waals surface area contributed by atoms with Crippen LogP contribution in [0.5, 0.6) is 11.8 Å². The van der Waals surface area contributed by atoms with Crippen LogP contribution in [0, 0.1) is 6.92 Å². The molecule has 0 spiro atoms. The average molecular weight is 440 g/mol. The third-order valence-corrected chi connectivity index (χ3v) is 5.41. The number of nitrogens with zero attached hydrogens (tertiary/aromatic N) is 2. The van der Waals surface area contributed by atoms with Crippen molar-refractivity contribution in [3.8, 4) is 11.8 Å². The Labute approximate surface area is 181 Å². The molecule has 0 aliphatic heterocycles. The first-order valence-electron chi connectivity index (χ1n) is 10.7. The van der Waals surface area contributed by atoms with Crippen molar-refractivity contribution in [1.82, 2.24) is 14.9 Å². The fourth-order valence-electron chi connectivity index (χ4n) is 3.89. The number of carbonyl (C=O) groups excluding carboxylic acids is 1. The summed E-state index contributed by atoms with van der Waals surface area (Å²) in [6, 6.07) is 3.93. The molecule has 0 bridgehead atoms. The van der Waals surface area contributed by atoms with Crippen molar-refractivity contribution in [2.24, 2.45) is 7.05 Å². The molecule has 0 unspecified atom stereocenters. The zero-order valence-electron chi connectivity index (χ0n) is 18.5. The first kappa shape index (κ1) is 23.2. The van der Waals surface area contributed by atoms with Gasteiger partial charge in [0.05, 0.1) is 23.7 Å². The van der Waals surface area contributed by atoms with Gasteiger partial charge in [0.1, 0.15) is 18.5 Å². The monoisotopic (exact) mass is 439 g/mol. The number of aryl methyl sites for hydroxylation is 2. The molecular weight excluding hydrogens is 408 g/mol. The van der Waals surface area contributed by atoms with E-state index in [1.807, 2.05) is 25.5 Å². The number of fused-ring (bicyclic) bond motifs is 1. The van der Waals surface area contributed by atoms with Crippen molar-refractivity contribution in [3.05, 3.63) is 17.7 Å². The van der Waals surface area contributed by atoms with Crippen LogP contribution in [0.4, 0.5) is 8.78 Å². The Kier molecular flexibility index (Phi) is 7.69. The number of amides is 1. The maximum Gasteiger partial charge on any atom is 0.297 e. The Bertz CT molecular complexity index is 894. The summed E-state index contributed by atoms with van der Waals surface area (Å²) in [6.45, 7) is 5.16. The molecule has 1 amide bonds. The first-order chi connectivity index (χ1) is 14.7. The van der Waals surface area contributed by atoms with Gasteiger partial charge in [-0.1, -0.05) is 0 Å². The quantitative estimate of drug-likeness (QED) is 0.644. The van der Waals surface area contributed by atoms with Crippen molar-refractivity contribution in [2.75, 3.05) is 13.2 Å². The molecule has 0 saturated heterocycles. The highest BCUT2D eigenvalue weighted by Crippen LogP contribution is 2.30. The van der Waals surface area contributed by atoms with E-state index in [0.29, 0.717) is 18.4 Å². The van der Waals surface area contributed by atoms with Gasteiger partial charge in [0.2, 0.25) is 5.91 Å². The lowest BCUT2D eigenvalue weighted by molar-refractivity contribution is -0.120. The maximum atomic E-state index is 12.5. The number of hydrogen-bond acceptors (Lipinski definition) is 5. The van der Waals surface area contributed by atoms with E-state index in [9.17, 15) is 13.6 Å². The fourth-order valence-corrected chi connectivity index (χ4v) is 3.89. The zero-order valence-corrected chi connectivity index (χ0v) is 18.5. The topological polar surface area (TPSA) is 74.6 Å². The van der Waals surface area contributed by atoms with Gasteiger partial charge in [0.15, 0.2) is 0 Å². The highest BCUT2D eigenvalue weighted by molar-refractivity contribution is 5.82. The summed E-state index contributed by atoms with van der Waals surface area (Å²) in [5.41, 5.74) is 2.40. The number of aromatic nitrogens is 2. The molecule has 1 aliphatic rings. The molecule has 3 rings (SSSR count). The van der Waals surface area contributed by atoms with E-state index in [4.69, 9.17) is 14.2 Å². The largest absolute Gasteiger partial charge is 0.488 e. The minimum atomic E-state index is -2.52. The number of hydrogen-bond donors (Lipinski definition) is 1. The number of nitrogens with one attached hydrogen (secondary N) is 1. The van der Waals surface area contributed by atoms with Gasteiger partial charge in [0, 0.05) is 26.1 Å². The molecule has 1 aromatic heterocycles. The van der Waals surface area contributed by atoms with E-state index >= 15 is 0 Å². The van der Waals surface area contributed by atoms with Crippen LogP contribution in [-0.4, -0.2) is 53.3 Å². The number of imidazole rings is 1. The second-order valence-corrected chi connectivity index (χ2v) is 8.21. The van der Waals surface area contributed by atoms with Gasteiger partial charge in [0.25, 0.3) is 12.4 Å². The van der Waals surface area contributed by atoms with Crippen molar-refractivity contribution in [3.63, 3.8) is 0 Å². The van der Waals surface area contributed by atoms with Crippen LogP contribution in [0.3, 0.4) is 0 Å². The number of halogens is 2. The molecule has 1 aromatic carbocycles. The van der Waals surface area contributed by atoms with Crippen molar-refractivity contribution in [2.45, 2.75) is 71.1 Å². The summed E-state index contributed by atoms with van der Waals surface area (Å²) < 4.78 is 44.0. The molecule has 2 aromatic rings. The van der Waals surface area contributed by atoms with Crippen LogP contribution in [-0.2, 0) is 16.6 Å². The van der Waals surface area contributed by atoms with Crippen LogP contribution in [0.15, 0.2) is 12.1 Å². The van der Waals surface area contributed by atoms with E-state index in [2.05, 4.69) is 10.3 Å². The van der Waals surface area contributed by atoms with Crippen molar-refractivity contribution < 1.29 is 27.8 Å². The number of alkyl halides is 2. The molecule has 7 nitrogen and oxygen atoms in total. The smallest absolute Gasteiger partial charge is 0.297 e. The second kappa shape index (κ2) is 10.3. The molecule has 1 heterocycles. The molecule has 0 radical (unpaired) electrons. The van der Waals surface area contributed by atoms with Crippen LogP contribution < -0.4 is 14.8 Å². The highest BCUT2D eigenvalue weighted by Gasteiger charge is 2.25. The molecule has 31 heavy (non-hydrogen) atoms. The van der Waals surface area contributed by atoms with Crippen molar-refractivity contribution in [1.29, 1.82) is 0 Å². The van der Waals surface area contributed by atoms with E-state index in [1.165, 1.54) is 6.92 Å². The summed E-state index contributed by atoms with van der Waals surface area (Å²) in [4.78, 5) is 15.7. The lowest BCUT2D eigenvalue weighted by Crippen LogP contribution is -2.37. The number of rotatable bonds is 9. The lowest BCUT2D eigenvalue weighted by atomic mass is 9.95. The Hall–Kier alpha value is -2.42. The summed E-state index contributed by atoms with van der Waals surface area (Å²) >= 11 is 0. The third-order valence-electron chi connectivity index (χ3n) is 5.41. The Morgan fingerprint density at radius 1 is 1.23 bits per heavy atom. The summed E-state index contributed by atoms with van der Waals surface area (Å²) in [5, 5.41) is 2.82. The minimum Gasteiger partial charge on any atom is -0.488 e. The van der Waals surface area contributed by atoms with Gasteiger partial charge in [-0.2, -0.15) is 4.98 Å². The van der Waals surface area contributed by atoms with Gasteiger partial charge < -0.3 is 19.5 Å². The van der Waals surface area contributed by atoms with Gasteiger partial charge in [-0.05, 0) is 51.2 Å². The molecular formula is C22H31F2N3O4. The van der Waals surface area contributed by atoms with Gasteiger partial charge in [-0.3, -0.25) is 9.36 Å². The van der Waals surface area contributed by atoms with Gasteiger partial charge >= 0.3 is 0 Å². The van der Waals surface area contributed by atoms with Crippen LogP contribution >= 0.6 is 0 Å². The summed E-state index contributed by atoms with van der Waals surface area (Å²) in [6.07, 6.45) is 1.15. The highest BCUT2D eigenvalue weighted by atomic mass is 19.3. The Morgan fingerprint density at radius 3 is 2.55 bits per heavy atom. The molecule has 1 atom stereocenters. The maximum absolute atomic E-state index is 12.5. The van der Waals surface area contributed by atoms with Gasteiger partial charge in [-0.25, -0.2) is 8.78 Å². The normalized spacial score (nSPS) is 20.1. The number of carbonyl (C=O) groups is 1. The van der Waals surface area contributed by atoms with Crippen molar-refractivity contribution >= 4 is 16.9 Å². The molecule has 1 N–H and O–H groups in total. The molecule has 1 aliphatic carbocycles. The Balaban J connectivity index is 1.57. The third kappa shape index (κ3) is 6.29. The Morgan fingerprint density at radius 2 is 1.90 bits per heavy atom. The first-order valence-corrected chi connectivity index (χ1v) is 10.7. The van der Waals surface area contributed by atoms with Crippen LogP contribution in [0.2, 0.25) is 0 Å². The average Bonchev–Trinajstić information content (AvgIpc) is 3.02. The van der Waals surface area contributed by atoms with Crippen LogP contribution in [0.1, 0.15) is 45.1 Å². The standard InChI is InChI=1S/C22H31F2N3O4/c1-13-9-18(30-12-20(23)24)10-19-21(13)26-22(27(19)4)31-17-7-5-16(6-8-17)29-11-14(2)25-15(3)28/h9-10,14,16-17,20H,5-8,11-12H2,1-4H3,(H,25,28)/t14-,16?,17?/m0/s1. The number of benzene rings is 1. The summed E-state index contributed by atoms with van der Waals surface area (Å²) in [7, 11) is 1.85. The van der Waals surface area contributed by atoms with Gasteiger partial charge in [-0.15, -0.1) is 0 Å². The molecule has 9 heteroatoms. The molecule has 1 saturated carbocycles. The summed E-state index contributed by atoms with van der Waals surface area (Å²) in [5.74, 6) is 0.338. The fraction of sp³-hybridized carbons (Fsp3) is 0.636. The second-order valence-electron chi connectivity index (χ2n) is 8.21. The molecule has 172 valence electrons. The van der Waals surface area contributed by atoms with E-state index in [0.717, 1.165) is 42.3 Å². The lowest BCUT2D eigenvalue weighted by Gasteiger charge is -2.29. The van der Waals surface area contributed by atoms with E-state index in [1.54, 1.807) is 12.1 Å². The zero-order chi connectivity index (χ0) is 22.5. The number of ether oxygens (including phenoxy) is 3. The van der Waals surface area contributed by atoms with Crippen LogP contribution in [0.25, 0.3) is 11.0 Å². The van der Waals surface area contributed by atoms with E-state index in [-0.39, 0.29) is 24.2 Å². The predicted octanol–water partition coefficient (Wildman–Crippen LogP) is 3.76. The molecule has 1 fully saturated rings. The SMILES string of the molecule is CC(=O)N[C@@H](C)COC1CCC(Oc2nc3c(C)cc(OCC(F)F)cc3n2C)CC1. The minimum absolute atomic E-state index is 0.00993. The predicted molar refractivity (Wildman–Crippen MR) is 113 cm³/mol.